The zero-order valence-electron chi connectivity index (χ0n) is 21.4. The van der Waals surface area contributed by atoms with E-state index in [1.165, 1.54) is 16.2 Å². The Labute approximate surface area is 224 Å². The lowest BCUT2D eigenvalue weighted by Gasteiger charge is -2.23. The normalized spacial score (nSPS) is 20.2. The second-order valence-corrected chi connectivity index (χ2v) is 10.8. The molecule has 3 heterocycles. The fourth-order valence-electron chi connectivity index (χ4n) is 5.32. The van der Waals surface area contributed by atoms with Crippen LogP contribution >= 0.6 is 11.3 Å². The number of amides is 1. The van der Waals surface area contributed by atoms with E-state index in [0.717, 1.165) is 32.7 Å². The quantitative estimate of drug-likeness (QED) is 0.203. The maximum Gasteiger partial charge on any atom is 0.301 e. The summed E-state index contributed by atoms with van der Waals surface area (Å²) in [5, 5.41) is 11.9. The van der Waals surface area contributed by atoms with E-state index in [4.69, 9.17) is 14.5 Å². The van der Waals surface area contributed by atoms with Crippen molar-refractivity contribution in [3.63, 3.8) is 0 Å². The molecule has 8 heteroatoms. The Balaban J connectivity index is 1.54. The molecule has 0 radical (unpaired) electrons. The Morgan fingerprint density at radius 3 is 2.61 bits per heavy atom. The van der Waals surface area contributed by atoms with Gasteiger partial charge in [-0.05, 0) is 79.4 Å². The zero-order chi connectivity index (χ0) is 26.7. The molecule has 1 amide bonds. The Hall–Kier alpha value is -4.17. The van der Waals surface area contributed by atoms with Crippen LogP contribution in [0.25, 0.3) is 16.0 Å². The zero-order valence-corrected chi connectivity index (χ0v) is 22.3. The Bertz CT molecular complexity index is 1650. The Kier molecular flexibility index (Phi) is 5.72. The molecule has 2 aliphatic rings. The molecular formula is C30H26N2O5S. The molecule has 1 aromatic heterocycles. The molecule has 4 aromatic rings. The van der Waals surface area contributed by atoms with Crippen LogP contribution in [0.5, 0.6) is 11.5 Å². The molecule has 0 spiro atoms. The number of methoxy groups -OCH3 is 1. The van der Waals surface area contributed by atoms with Crippen molar-refractivity contribution in [2.24, 2.45) is 0 Å². The van der Waals surface area contributed by atoms with Gasteiger partial charge in [0.2, 0.25) is 0 Å². The average Bonchev–Trinajstić information content (AvgIpc) is 3.56. The van der Waals surface area contributed by atoms with E-state index in [-0.39, 0.29) is 17.4 Å². The first-order valence-electron chi connectivity index (χ1n) is 12.4. The van der Waals surface area contributed by atoms with Gasteiger partial charge < -0.3 is 14.6 Å². The number of ketones is 1. The fraction of sp³-hybridized carbons (Fsp3) is 0.233. The van der Waals surface area contributed by atoms with Crippen LogP contribution in [-0.4, -0.2) is 35.0 Å². The Morgan fingerprint density at radius 1 is 1.11 bits per heavy atom. The van der Waals surface area contributed by atoms with E-state index >= 15 is 0 Å². The van der Waals surface area contributed by atoms with Crippen molar-refractivity contribution in [3.8, 4) is 11.5 Å². The van der Waals surface area contributed by atoms with Gasteiger partial charge in [0.15, 0.2) is 5.13 Å². The maximum atomic E-state index is 13.6. The summed E-state index contributed by atoms with van der Waals surface area (Å²) in [5.41, 5.74) is 4.99. The van der Waals surface area contributed by atoms with Crippen LogP contribution in [0.3, 0.4) is 0 Å². The van der Waals surface area contributed by atoms with Gasteiger partial charge in [-0.25, -0.2) is 4.98 Å². The lowest BCUT2D eigenvalue weighted by molar-refractivity contribution is -0.132. The second-order valence-electron chi connectivity index (χ2n) is 9.82. The highest BCUT2D eigenvalue weighted by molar-refractivity contribution is 7.22. The van der Waals surface area contributed by atoms with Gasteiger partial charge in [0.25, 0.3) is 5.78 Å². The summed E-state index contributed by atoms with van der Waals surface area (Å²) < 4.78 is 12.0. The third-order valence-electron chi connectivity index (χ3n) is 7.07. The lowest BCUT2D eigenvalue weighted by Crippen LogP contribution is -2.29. The molecule has 0 aliphatic carbocycles. The summed E-state index contributed by atoms with van der Waals surface area (Å²) in [6.45, 7) is 5.97. The van der Waals surface area contributed by atoms with Crippen molar-refractivity contribution >= 4 is 44.1 Å². The SMILES string of the molecule is COc1ccc([C@@H]2/C(=C(\O)c3ccc4c(c3)C[C@@H](C)O4)C(=O)C(=O)N2c2nc3c(C)cc(C)cc3s2)cc1. The van der Waals surface area contributed by atoms with Gasteiger partial charge in [-0.3, -0.25) is 14.5 Å². The van der Waals surface area contributed by atoms with Crippen molar-refractivity contribution in [3.05, 3.63) is 88.0 Å². The first kappa shape index (κ1) is 24.2. The summed E-state index contributed by atoms with van der Waals surface area (Å²) >= 11 is 1.36. The predicted molar refractivity (Wildman–Crippen MR) is 147 cm³/mol. The number of hydrogen-bond donors (Lipinski definition) is 1. The number of carbonyl (C=O) groups is 2. The van der Waals surface area contributed by atoms with E-state index in [1.54, 1.807) is 43.5 Å². The minimum atomic E-state index is -0.855. The van der Waals surface area contributed by atoms with Crippen molar-refractivity contribution in [2.45, 2.75) is 39.3 Å². The summed E-state index contributed by atoms with van der Waals surface area (Å²) in [5.74, 6) is -0.285. The molecule has 38 heavy (non-hydrogen) atoms. The topological polar surface area (TPSA) is 89.0 Å². The molecule has 0 saturated carbocycles. The number of anilines is 1. The van der Waals surface area contributed by atoms with E-state index in [0.29, 0.717) is 28.4 Å². The minimum Gasteiger partial charge on any atom is -0.507 e. The van der Waals surface area contributed by atoms with Crippen LogP contribution in [0, 0.1) is 13.8 Å². The van der Waals surface area contributed by atoms with Gasteiger partial charge >= 0.3 is 5.91 Å². The predicted octanol–water partition coefficient (Wildman–Crippen LogP) is 5.87. The molecule has 0 unspecified atom stereocenters. The number of aromatic nitrogens is 1. The van der Waals surface area contributed by atoms with Crippen molar-refractivity contribution in [1.82, 2.24) is 4.98 Å². The number of fused-ring (bicyclic) bond motifs is 2. The molecule has 3 aromatic carbocycles. The highest BCUT2D eigenvalue weighted by Gasteiger charge is 2.48. The number of aryl methyl sites for hydroxylation is 2. The molecule has 1 N–H and O–H groups in total. The monoisotopic (exact) mass is 526 g/mol. The molecular weight excluding hydrogens is 500 g/mol. The molecule has 6 rings (SSSR count). The van der Waals surface area contributed by atoms with Gasteiger partial charge in [-0.15, -0.1) is 0 Å². The van der Waals surface area contributed by atoms with Gasteiger partial charge in [0.1, 0.15) is 23.4 Å². The summed E-state index contributed by atoms with van der Waals surface area (Å²) in [4.78, 5) is 33.3. The van der Waals surface area contributed by atoms with Gasteiger partial charge in [0.05, 0.1) is 28.9 Å². The van der Waals surface area contributed by atoms with E-state index in [1.807, 2.05) is 39.0 Å². The molecule has 1 saturated heterocycles. The first-order valence-corrected chi connectivity index (χ1v) is 13.2. The average molecular weight is 527 g/mol. The number of carbonyl (C=O) groups excluding carboxylic acids is 2. The molecule has 1 fully saturated rings. The Morgan fingerprint density at radius 2 is 1.87 bits per heavy atom. The van der Waals surface area contributed by atoms with E-state index in [9.17, 15) is 14.7 Å². The van der Waals surface area contributed by atoms with Crippen LogP contribution in [0.15, 0.2) is 60.2 Å². The smallest absolute Gasteiger partial charge is 0.301 e. The number of aliphatic hydroxyl groups is 1. The van der Waals surface area contributed by atoms with Gasteiger partial charge in [0, 0.05) is 12.0 Å². The number of aliphatic hydroxyl groups excluding tert-OH is 1. The molecule has 7 nitrogen and oxygen atoms in total. The molecule has 2 atom stereocenters. The number of thiazole rings is 1. The van der Waals surface area contributed by atoms with Crippen LogP contribution in [-0.2, 0) is 16.0 Å². The van der Waals surface area contributed by atoms with Crippen LogP contribution < -0.4 is 14.4 Å². The van der Waals surface area contributed by atoms with Crippen molar-refractivity contribution < 1.29 is 24.2 Å². The maximum absolute atomic E-state index is 13.6. The largest absolute Gasteiger partial charge is 0.507 e. The molecule has 0 bridgehead atoms. The number of ether oxygens (including phenoxy) is 2. The lowest BCUT2D eigenvalue weighted by atomic mass is 9.94. The minimum absolute atomic E-state index is 0.0271. The standard InChI is InChI=1S/C30H26N2O5S/c1-15-11-16(2)25-23(12-15)38-30(31-25)32-26(18-5-8-21(36-4)9-6-18)24(28(34)29(32)35)27(33)19-7-10-22-20(14-19)13-17(3)37-22/h5-12,14,17,26,33H,13H2,1-4H3/b27-24+/t17-,26-/m1/s1. The summed E-state index contributed by atoms with van der Waals surface area (Å²) in [6, 6.07) is 15.7. The van der Waals surface area contributed by atoms with Crippen molar-refractivity contribution in [1.29, 1.82) is 0 Å². The number of rotatable bonds is 4. The summed E-state index contributed by atoms with van der Waals surface area (Å²) in [7, 11) is 1.57. The van der Waals surface area contributed by atoms with Crippen molar-refractivity contribution in [2.75, 3.05) is 12.0 Å². The van der Waals surface area contributed by atoms with Crippen LogP contribution in [0.4, 0.5) is 5.13 Å². The number of Topliss-reactive ketones (excluding diaryl/α,β-unsaturated/α-hetero) is 1. The number of nitrogens with zero attached hydrogens (tertiary/aromatic N) is 2. The third kappa shape index (κ3) is 3.83. The van der Waals surface area contributed by atoms with Crippen LogP contribution in [0.1, 0.15) is 40.8 Å². The van der Waals surface area contributed by atoms with E-state index in [2.05, 4.69) is 0 Å². The highest BCUT2D eigenvalue weighted by Crippen LogP contribution is 2.45. The van der Waals surface area contributed by atoms with Gasteiger partial charge in [-0.2, -0.15) is 0 Å². The first-order chi connectivity index (χ1) is 18.2. The highest BCUT2D eigenvalue weighted by atomic mass is 32.1. The second kappa shape index (κ2) is 8.99. The number of hydrogen-bond acceptors (Lipinski definition) is 7. The van der Waals surface area contributed by atoms with Gasteiger partial charge in [-0.1, -0.05) is 29.5 Å². The van der Waals surface area contributed by atoms with E-state index < -0.39 is 17.7 Å². The molecule has 192 valence electrons. The summed E-state index contributed by atoms with van der Waals surface area (Å²) in [6.07, 6.45) is 0.746. The fourth-order valence-corrected chi connectivity index (χ4v) is 6.49. The number of benzene rings is 3. The van der Waals surface area contributed by atoms with Crippen LogP contribution in [0.2, 0.25) is 0 Å². The third-order valence-corrected chi connectivity index (χ3v) is 8.07. The molecule has 2 aliphatic heterocycles.